The number of carbonyl (C=O) groups excluding carboxylic acids is 1. The van der Waals surface area contributed by atoms with Crippen molar-refractivity contribution in [3.05, 3.63) is 58.1 Å². The topological polar surface area (TPSA) is 85.2 Å². The van der Waals surface area contributed by atoms with E-state index < -0.39 is 4.92 Å². The van der Waals surface area contributed by atoms with Gasteiger partial charge in [0.25, 0.3) is 11.6 Å². The minimum atomic E-state index is -0.411. The van der Waals surface area contributed by atoms with Crippen LogP contribution in [0.15, 0.2) is 42.5 Å². The van der Waals surface area contributed by atoms with Gasteiger partial charge in [0, 0.05) is 31.7 Å². The molecule has 1 aliphatic heterocycles. The molecule has 27 heavy (non-hydrogen) atoms. The van der Waals surface area contributed by atoms with E-state index in [0.717, 1.165) is 0 Å². The van der Waals surface area contributed by atoms with Gasteiger partial charge >= 0.3 is 0 Å². The molecule has 1 saturated heterocycles. The van der Waals surface area contributed by atoms with Crippen LogP contribution in [0.4, 0.5) is 11.4 Å². The number of nitrogens with zero attached hydrogens (tertiary/aromatic N) is 3. The van der Waals surface area contributed by atoms with Crippen molar-refractivity contribution in [3.63, 3.8) is 0 Å². The highest BCUT2D eigenvalue weighted by molar-refractivity contribution is 5.94. The average Bonchev–Trinajstić information content (AvgIpc) is 2.72. The van der Waals surface area contributed by atoms with Crippen LogP contribution < -0.4 is 14.4 Å². The molecule has 142 valence electrons. The summed E-state index contributed by atoms with van der Waals surface area (Å²) < 4.78 is 10.2. The van der Waals surface area contributed by atoms with Crippen LogP contribution in [0.3, 0.4) is 0 Å². The van der Waals surface area contributed by atoms with E-state index in [1.54, 1.807) is 48.4 Å². The average molecular weight is 371 g/mol. The molecule has 0 saturated carbocycles. The van der Waals surface area contributed by atoms with Crippen LogP contribution in [0, 0.1) is 10.1 Å². The molecule has 0 N–H and O–H groups in total. The molecule has 0 bridgehead atoms. The van der Waals surface area contributed by atoms with Crippen molar-refractivity contribution in [2.24, 2.45) is 0 Å². The molecule has 8 heteroatoms. The first kappa shape index (κ1) is 18.5. The smallest absolute Gasteiger partial charge is 0.296 e. The Balaban J connectivity index is 1.72. The van der Waals surface area contributed by atoms with E-state index in [1.807, 2.05) is 4.90 Å². The molecular formula is C19H21N3O5. The highest BCUT2D eigenvalue weighted by Crippen LogP contribution is 2.32. The highest BCUT2D eigenvalue weighted by Gasteiger charge is 2.26. The van der Waals surface area contributed by atoms with E-state index in [0.29, 0.717) is 48.9 Å². The van der Waals surface area contributed by atoms with Gasteiger partial charge in [-0.2, -0.15) is 0 Å². The first-order valence-electron chi connectivity index (χ1n) is 8.54. The fourth-order valence-electron chi connectivity index (χ4n) is 3.13. The summed E-state index contributed by atoms with van der Waals surface area (Å²) >= 11 is 0. The number of hydrogen-bond donors (Lipinski definition) is 0. The molecule has 1 amide bonds. The lowest BCUT2D eigenvalue weighted by molar-refractivity contribution is -0.384. The second kappa shape index (κ2) is 7.94. The zero-order valence-electron chi connectivity index (χ0n) is 15.3. The van der Waals surface area contributed by atoms with Crippen LogP contribution >= 0.6 is 0 Å². The lowest BCUT2D eigenvalue weighted by atomic mass is 10.1. The molecule has 1 fully saturated rings. The normalized spacial score (nSPS) is 14.0. The molecule has 0 aromatic heterocycles. The maximum Gasteiger partial charge on any atom is 0.296 e. The minimum absolute atomic E-state index is 0.00178. The van der Waals surface area contributed by atoms with Crippen LogP contribution in [0.25, 0.3) is 0 Å². The molecule has 8 nitrogen and oxygen atoms in total. The van der Waals surface area contributed by atoms with Crippen LogP contribution in [0.2, 0.25) is 0 Å². The summed E-state index contributed by atoms with van der Waals surface area (Å²) in [5.41, 5.74) is 1.11. The van der Waals surface area contributed by atoms with Gasteiger partial charge in [-0.3, -0.25) is 14.9 Å². The van der Waals surface area contributed by atoms with E-state index in [9.17, 15) is 14.9 Å². The number of nitro groups is 1. The molecule has 0 aliphatic carbocycles. The largest absolute Gasteiger partial charge is 0.497 e. The summed E-state index contributed by atoms with van der Waals surface area (Å²) in [5, 5.41) is 11.4. The summed E-state index contributed by atoms with van der Waals surface area (Å²) in [6.45, 7) is 2.00. The predicted octanol–water partition coefficient (Wildman–Crippen LogP) is 2.57. The molecule has 1 heterocycles. The van der Waals surface area contributed by atoms with Crippen molar-refractivity contribution in [1.29, 1.82) is 0 Å². The summed E-state index contributed by atoms with van der Waals surface area (Å²) in [5.74, 6) is 1.00. The Morgan fingerprint density at radius 1 is 1.00 bits per heavy atom. The third kappa shape index (κ3) is 3.94. The summed E-state index contributed by atoms with van der Waals surface area (Å²) in [6.07, 6.45) is 0. The molecular weight excluding hydrogens is 350 g/mol. The summed E-state index contributed by atoms with van der Waals surface area (Å²) in [7, 11) is 3.03. The first-order valence-corrected chi connectivity index (χ1v) is 8.54. The van der Waals surface area contributed by atoms with Gasteiger partial charge in [-0.15, -0.1) is 0 Å². The second-order valence-electron chi connectivity index (χ2n) is 6.12. The number of piperazine rings is 1. The van der Waals surface area contributed by atoms with Crippen LogP contribution in [-0.2, 0) is 0 Å². The van der Waals surface area contributed by atoms with E-state index in [4.69, 9.17) is 9.47 Å². The molecule has 1 aliphatic rings. The standard InChI is InChI=1S/C19H21N3O5/c1-26-15-5-3-4-14(12-15)19(23)21-10-8-20(9-11-21)17-7-6-16(27-2)13-18(17)22(24)25/h3-7,12-13H,8-11H2,1-2H3. The number of anilines is 1. The molecule has 0 unspecified atom stereocenters. The second-order valence-corrected chi connectivity index (χ2v) is 6.12. The Hall–Kier alpha value is -3.29. The van der Waals surface area contributed by atoms with Crippen LogP contribution in [0.5, 0.6) is 11.5 Å². The zero-order chi connectivity index (χ0) is 19.4. The van der Waals surface area contributed by atoms with Crippen molar-refractivity contribution in [2.75, 3.05) is 45.3 Å². The van der Waals surface area contributed by atoms with Gasteiger partial charge < -0.3 is 19.3 Å². The van der Waals surface area contributed by atoms with Gasteiger partial charge in [-0.25, -0.2) is 0 Å². The van der Waals surface area contributed by atoms with Gasteiger partial charge in [-0.1, -0.05) is 6.07 Å². The number of hydrogen-bond acceptors (Lipinski definition) is 6. The Morgan fingerprint density at radius 3 is 2.30 bits per heavy atom. The minimum Gasteiger partial charge on any atom is -0.497 e. The lowest BCUT2D eigenvalue weighted by Crippen LogP contribution is -2.49. The summed E-state index contributed by atoms with van der Waals surface area (Å²) in [4.78, 5) is 27.4. The maximum absolute atomic E-state index is 12.7. The molecule has 0 spiro atoms. The van der Waals surface area contributed by atoms with Crippen LogP contribution in [-0.4, -0.2) is 56.1 Å². The molecule has 0 atom stereocenters. The lowest BCUT2D eigenvalue weighted by Gasteiger charge is -2.35. The Morgan fingerprint density at radius 2 is 1.67 bits per heavy atom. The van der Waals surface area contributed by atoms with Gasteiger partial charge in [0.1, 0.15) is 17.2 Å². The third-order valence-corrected chi connectivity index (χ3v) is 4.60. The van der Waals surface area contributed by atoms with E-state index in [1.165, 1.54) is 13.2 Å². The fraction of sp³-hybridized carbons (Fsp3) is 0.316. The fourth-order valence-corrected chi connectivity index (χ4v) is 3.13. The SMILES string of the molecule is COc1cccc(C(=O)N2CCN(c3ccc(OC)cc3[N+](=O)[O-])CC2)c1. The number of ether oxygens (including phenoxy) is 2. The van der Waals surface area contributed by atoms with E-state index in [-0.39, 0.29) is 11.6 Å². The van der Waals surface area contributed by atoms with Crippen LogP contribution in [0.1, 0.15) is 10.4 Å². The number of methoxy groups -OCH3 is 2. The number of amides is 1. The predicted molar refractivity (Wildman–Crippen MR) is 101 cm³/mol. The number of nitro benzene ring substituents is 1. The van der Waals surface area contributed by atoms with E-state index >= 15 is 0 Å². The molecule has 0 radical (unpaired) electrons. The van der Waals surface area contributed by atoms with Crippen molar-refractivity contribution in [3.8, 4) is 11.5 Å². The van der Waals surface area contributed by atoms with Crippen molar-refractivity contribution in [2.45, 2.75) is 0 Å². The van der Waals surface area contributed by atoms with Gasteiger partial charge in [0.05, 0.1) is 25.2 Å². The zero-order valence-corrected chi connectivity index (χ0v) is 15.3. The van der Waals surface area contributed by atoms with Crippen molar-refractivity contribution in [1.82, 2.24) is 4.90 Å². The van der Waals surface area contributed by atoms with E-state index in [2.05, 4.69) is 0 Å². The molecule has 2 aromatic rings. The van der Waals surface area contributed by atoms with Gasteiger partial charge in [-0.05, 0) is 30.3 Å². The first-order chi connectivity index (χ1) is 13.0. The quantitative estimate of drug-likeness (QED) is 0.593. The van der Waals surface area contributed by atoms with Gasteiger partial charge in [0.2, 0.25) is 0 Å². The van der Waals surface area contributed by atoms with Crippen molar-refractivity contribution < 1.29 is 19.2 Å². The third-order valence-electron chi connectivity index (χ3n) is 4.60. The van der Waals surface area contributed by atoms with Gasteiger partial charge in [0.15, 0.2) is 0 Å². The monoisotopic (exact) mass is 371 g/mol. The maximum atomic E-state index is 12.7. The number of carbonyl (C=O) groups is 1. The summed E-state index contributed by atoms with van der Waals surface area (Å²) in [6, 6.07) is 11.9. The number of benzene rings is 2. The highest BCUT2D eigenvalue weighted by atomic mass is 16.6. The Kier molecular flexibility index (Phi) is 5.44. The molecule has 3 rings (SSSR count). The Labute approximate surface area is 157 Å². The number of rotatable bonds is 5. The molecule has 2 aromatic carbocycles. The Bertz CT molecular complexity index is 847. The van der Waals surface area contributed by atoms with Crippen molar-refractivity contribution >= 4 is 17.3 Å².